The number of rotatable bonds is 6. The molecule has 1 fully saturated rings. The molecule has 2 aliphatic rings. The second-order valence-corrected chi connectivity index (χ2v) is 8.81. The van der Waals surface area contributed by atoms with Crippen LogP contribution >= 0.6 is 11.8 Å². The quantitative estimate of drug-likeness (QED) is 0.613. The zero-order chi connectivity index (χ0) is 21.1. The van der Waals surface area contributed by atoms with Crippen LogP contribution in [0.15, 0.2) is 35.5 Å². The van der Waals surface area contributed by atoms with Gasteiger partial charge in [-0.3, -0.25) is 10.1 Å². The topological polar surface area (TPSA) is 79.5 Å². The summed E-state index contributed by atoms with van der Waals surface area (Å²) >= 11 is 1.63. The Morgan fingerprint density at radius 1 is 1.24 bits per heavy atom. The van der Waals surface area contributed by atoms with E-state index in [9.17, 15) is 14.0 Å². The Labute approximate surface area is 175 Å². The zero-order valence-corrected chi connectivity index (χ0v) is 17.9. The van der Waals surface area contributed by atoms with Crippen LogP contribution in [0.25, 0.3) is 0 Å². The average molecular weight is 422 g/mol. The molecule has 3 N–H and O–H groups in total. The van der Waals surface area contributed by atoms with E-state index in [1.807, 2.05) is 6.92 Å². The van der Waals surface area contributed by atoms with Crippen LogP contribution in [-0.4, -0.2) is 35.4 Å². The Morgan fingerprint density at radius 3 is 2.55 bits per heavy atom. The number of halogens is 1. The lowest BCUT2D eigenvalue weighted by Gasteiger charge is -2.45. The minimum atomic E-state index is -0.572. The van der Waals surface area contributed by atoms with Crippen LogP contribution in [0.4, 0.5) is 4.39 Å². The molecule has 0 radical (unpaired) electrons. The van der Waals surface area contributed by atoms with Crippen LogP contribution in [0.2, 0.25) is 0 Å². The maximum absolute atomic E-state index is 13.5. The van der Waals surface area contributed by atoms with Crippen LogP contribution in [0, 0.1) is 11.7 Å². The Morgan fingerprint density at radius 2 is 1.93 bits per heavy atom. The van der Waals surface area contributed by atoms with Crippen molar-refractivity contribution in [2.75, 3.05) is 5.75 Å². The van der Waals surface area contributed by atoms with Gasteiger partial charge in [0, 0.05) is 11.6 Å². The van der Waals surface area contributed by atoms with Crippen LogP contribution < -0.4 is 16.0 Å². The smallest absolute Gasteiger partial charge is 0.336 e. The van der Waals surface area contributed by atoms with Crippen molar-refractivity contribution in [3.05, 3.63) is 46.9 Å². The van der Waals surface area contributed by atoms with Gasteiger partial charge in [0.15, 0.2) is 0 Å². The molecule has 0 aromatic heterocycles. The number of thioether (sulfide) groups is 1. The molecule has 0 bridgehead atoms. The first kappa shape index (κ1) is 21.6. The molecule has 3 rings (SSSR count). The average Bonchev–Trinajstić information content (AvgIpc) is 2.65. The molecule has 0 aliphatic carbocycles. The molecule has 8 heteroatoms. The molecular formula is C21H28FN3O3S. The van der Waals surface area contributed by atoms with E-state index in [4.69, 9.17) is 4.74 Å². The van der Waals surface area contributed by atoms with Crippen molar-refractivity contribution >= 4 is 23.6 Å². The van der Waals surface area contributed by atoms with Crippen LogP contribution in [0.1, 0.15) is 45.6 Å². The number of ether oxygens (including phenoxy) is 1. The first-order valence-corrected chi connectivity index (χ1v) is 11.0. The Kier molecular flexibility index (Phi) is 6.85. The predicted molar refractivity (Wildman–Crippen MR) is 111 cm³/mol. The lowest BCUT2D eigenvalue weighted by molar-refractivity contribution is -0.143. The molecule has 0 spiro atoms. The monoisotopic (exact) mass is 421 g/mol. The van der Waals surface area contributed by atoms with E-state index in [2.05, 4.69) is 22.9 Å². The van der Waals surface area contributed by atoms with Gasteiger partial charge in [-0.05, 0) is 50.6 Å². The van der Waals surface area contributed by atoms with E-state index >= 15 is 0 Å². The van der Waals surface area contributed by atoms with Crippen molar-refractivity contribution in [3.8, 4) is 0 Å². The number of esters is 1. The second-order valence-electron chi connectivity index (χ2n) is 7.60. The van der Waals surface area contributed by atoms with Crippen LogP contribution in [0.3, 0.4) is 0 Å². The number of hydrogen-bond donors (Lipinski definition) is 3. The van der Waals surface area contributed by atoms with Gasteiger partial charge in [-0.1, -0.05) is 19.1 Å². The van der Waals surface area contributed by atoms with E-state index in [0.29, 0.717) is 16.8 Å². The Balaban J connectivity index is 2.00. The van der Waals surface area contributed by atoms with Gasteiger partial charge >= 0.3 is 5.97 Å². The minimum absolute atomic E-state index is 0.147. The summed E-state index contributed by atoms with van der Waals surface area (Å²) in [7, 11) is 0. The predicted octanol–water partition coefficient (Wildman–Crippen LogP) is 2.83. The maximum atomic E-state index is 13.5. The van der Waals surface area contributed by atoms with E-state index in [-0.39, 0.29) is 29.5 Å². The first-order valence-electron chi connectivity index (χ1n) is 9.93. The molecule has 1 aromatic carbocycles. The number of hydrogen-bond acceptors (Lipinski definition) is 6. The largest absolute Gasteiger partial charge is 0.460 e. The highest BCUT2D eigenvalue weighted by atomic mass is 32.2. The SMILES string of the molecule is CCCSC1NC(=O)C2C(NC(C)=C(C(=O)OC(C)C)C2c2ccc(F)cc2)N1. The summed E-state index contributed by atoms with van der Waals surface area (Å²) in [6, 6.07) is 5.95. The van der Waals surface area contributed by atoms with E-state index in [1.165, 1.54) is 12.1 Å². The molecule has 6 nitrogen and oxygen atoms in total. The molecule has 1 saturated heterocycles. The molecule has 29 heavy (non-hydrogen) atoms. The van der Waals surface area contributed by atoms with Crippen molar-refractivity contribution in [1.29, 1.82) is 0 Å². The number of carbonyl (C=O) groups excluding carboxylic acids is 2. The highest BCUT2D eigenvalue weighted by Crippen LogP contribution is 2.41. The second kappa shape index (κ2) is 9.17. The summed E-state index contributed by atoms with van der Waals surface area (Å²) in [6.45, 7) is 7.46. The van der Waals surface area contributed by atoms with Crippen molar-refractivity contribution in [3.63, 3.8) is 0 Å². The lowest BCUT2D eigenvalue weighted by atomic mass is 9.74. The van der Waals surface area contributed by atoms with Crippen molar-refractivity contribution in [2.24, 2.45) is 5.92 Å². The van der Waals surface area contributed by atoms with Crippen LogP contribution in [0.5, 0.6) is 0 Å². The number of nitrogens with one attached hydrogen (secondary N) is 3. The Bertz CT molecular complexity index is 797. The van der Waals surface area contributed by atoms with Gasteiger partial charge in [-0.2, -0.15) is 0 Å². The fourth-order valence-electron chi connectivity index (χ4n) is 3.81. The third-order valence-electron chi connectivity index (χ3n) is 4.99. The number of benzene rings is 1. The standard InChI is InChI=1S/C21H28FN3O3S/c1-5-10-29-21-24-18-17(19(26)25-21)16(13-6-8-14(22)9-7-13)15(12(4)23-18)20(27)28-11(2)3/h6-9,11,16-18,21,23-24H,5,10H2,1-4H3,(H,25,26). The number of amides is 1. The molecule has 4 unspecified atom stereocenters. The number of carbonyl (C=O) groups is 2. The van der Waals surface area contributed by atoms with Crippen molar-refractivity contribution in [2.45, 2.75) is 57.8 Å². The summed E-state index contributed by atoms with van der Waals surface area (Å²) in [5.74, 6) is -1.18. The van der Waals surface area contributed by atoms with Gasteiger partial charge in [0.1, 0.15) is 11.3 Å². The Hall–Kier alpha value is -2.06. The highest BCUT2D eigenvalue weighted by molar-refractivity contribution is 7.99. The third-order valence-corrected chi connectivity index (χ3v) is 6.22. The summed E-state index contributed by atoms with van der Waals surface area (Å²) < 4.78 is 19.0. The maximum Gasteiger partial charge on any atom is 0.336 e. The molecule has 1 amide bonds. The van der Waals surface area contributed by atoms with E-state index < -0.39 is 17.8 Å². The fraction of sp³-hybridized carbons (Fsp3) is 0.524. The summed E-state index contributed by atoms with van der Waals surface area (Å²) in [6.07, 6.45) is 0.369. The van der Waals surface area contributed by atoms with Crippen molar-refractivity contribution < 1.29 is 18.7 Å². The fourth-order valence-corrected chi connectivity index (χ4v) is 4.73. The molecular weight excluding hydrogens is 393 g/mol. The molecule has 2 heterocycles. The van der Waals surface area contributed by atoms with E-state index in [0.717, 1.165) is 12.2 Å². The van der Waals surface area contributed by atoms with Gasteiger partial charge < -0.3 is 15.4 Å². The molecule has 4 atom stereocenters. The summed E-state index contributed by atoms with van der Waals surface area (Å²) in [5, 5.41) is 9.71. The lowest BCUT2D eigenvalue weighted by Crippen LogP contribution is -2.67. The summed E-state index contributed by atoms with van der Waals surface area (Å²) in [4.78, 5) is 26.0. The number of fused-ring (bicyclic) bond motifs is 1. The number of allylic oxidation sites excluding steroid dienone is 1. The normalized spacial score (nSPS) is 26.6. The van der Waals surface area contributed by atoms with Gasteiger partial charge in [0.2, 0.25) is 5.91 Å². The van der Waals surface area contributed by atoms with Crippen LogP contribution in [-0.2, 0) is 14.3 Å². The summed E-state index contributed by atoms with van der Waals surface area (Å²) in [5.41, 5.74) is 1.56. The minimum Gasteiger partial charge on any atom is -0.460 e. The van der Waals surface area contributed by atoms with Gasteiger partial charge in [-0.15, -0.1) is 11.8 Å². The van der Waals surface area contributed by atoms with Gasteiger partial charge in [-0.25, -0.2) is 9.18 Å². The van der Waals surface area contributed by atoms with E-state index in [1.54, 1.807) is 37.7 Å². The highest BCUT2D eigenvalue weighted by Gasteiger charge is 2.48. The molecule has 158 valence electrons. The van der Waals surface area contributed by atoms with Gasteiger partial charge in [0.05, 0.1) is 23.8 Å². The molecule has 2 aliphatic heterocycles. The molecule has 1 aromatic rings. The molecule has 0 saturated carbocycles. The van der Waals surface area contributed by atoms with Crippen molar-refractivity contribution in [1.82, 2.24) is 16.0 Å². The zero-order valence-electron chi connectivity index (χ0n) is 17.1. The first-order chi connectivity index (χ1) is 13.8. The van der Waals surface area contributed by atoms with Gasteiger partial charge in [0.25, 0.3) is 0 Å². The third kappa shape index (κ3) is 4.75.